The van der Waals surface area contributed by atoms with Crippen LogP contribution in [0.1, 0.15) is 25.5 Å². The van der Waals surface area contributed by atoms with Crippen LogP contribution in [0, 0.1) is 5.92 Å². The minimum atomic E-state index is -3.65. The summed E-state index contributed by atoms with van der Waals surface area (Å²) in [6.45, 7) is 4.80. The van der Waals surface area contributed by atoms with Crippen LogP contribution in [0.15, 0.2) is 53.4 Å². The number of benzene rings is 2. The van der Waals surface area contributed by atoms with Crippen molar-refractivity contribution in [2.75, 3.05) is 27.4 Å². The molecule has 0 aliphatic heterocycles. The quantitative estimate of drug-likeness (QED) is 0.670. The zero-order chi connectivity index (χ0) is 19.9. The first kappa shape index (κ1) is 21.2. The topological polar surface area (TPSA) is 73.9 Å². The van der Waals surface area contributed by atoms with Crippen LogP contribution in [0.3, 0.4) is 0 Å². The number of ether oxygens (including phenoxy) is 3. The van der Waals surface area contributed by atoms with Crippen molar-refractivity contribution in [3.63, 3.8) is 0 Å². The number of nitrogens with one attached hydrogen (secondary N) is 1. The molecule has 0 spiro atoms. The molecule has 2 aromatic rings. The summed E-state index contributed by atoms with van der Waals surface area (Å²) in [4.78, 5) is 0.180. The zero-order valence-corrected chi connectivity index (χ0v) is 17.0. The highest BCUT2D eigenvalue weighted by atomic mass is 32.2. The van der Waals surface area contributed by atoms with Gasteiger partial charge in [-0.05, 0) is 47.9 Å². The van der Waals surface area contributed by atoms with E-state index in [0.717, 1.165) is 5.56 Å². The summed E-state index contributed by atoms with van der Waals surface area (Å²) in [5.74, 6) is 1.74. The molecular weight excluding hydrogens is 366 g/mol. The summed E-state index contributed by atoms with van der Waals surface area (Å²) >= 11 is 0. The van der Waals surface area contributed by atoms with Crippen molar-refractivity contribution in [2.45, 2.75) is 24.8 Å². The molecule has 7 heteroatoms. The van der Waals surface area contributed by atoms with Crippen molar-refractivity contribution in [3.05, 3.63) is 54.1 Å². The van der Waals surface area contributed by atoms with Crippen molar-refractivity contribution in [1.82, 2.24) is 4.72 Å². The van der Waals surface area contributed by atoms with Gasteiger partial charge in [-0.25, -0.2) is 13.1 Å². The summed E-state index contributed by atoms with van der Waals surface area (Å²) in [7, 11) is -0.531. The maximum absolute atomic E-state index is 12.6. The molecule has 0 saturated heterocycles. The summed E-state index contributed by atoms with van der Waals surface area (Å²) in [6.07, 6.45) is -0.427. The Hall–Kier alpha value is -2.09. The zero-order valence-electron chi connectivity index (χ0n) is 16.1. The molecule has 1 N–H and O–H groups in total. The van der Waals surface area contributed by atoms with Gasteiger partial charge in [0.1, 0.15) is 11.5 Å². The summed E-state index contributed by atoms with van der Waals surface area (Å²) in [5.41, 5.74) is 0.831. The fraction of sp³-hybridized carbons (Fsp3) is 0.400. The van der Waals surface area contributed by atoms with E-state index in [1.54, 1.807) is 26.4 Å². The van der Waals surface area contributed by atoms with Crippen LogP contribution in [-0.4, -0.2) is 35.8 Å². The SMILES string of the molecule is COc1cccc([C@@H](CNS(=O)(=O)c2ccc(OCC(C)C)cc2)OC)c1. The number of hydrogen-bond acceptors (Lipinski definition) is 5. The highest BCUT2D eigenvalue weighted by Crippen LogP contribution is 2.22. The third-order valence-electron chi connectivity index (χ3n) is 3.93. The van der Waals surface area contributed by atoms with E-state index in [0.29, 0.717) is 24.0 Å². The minimum absolute atomic E-state index is 0.109. The van der Waals surface area contributed by atoms with Crippen molar-refractivity contribution < 1.29 is 22.6 Å². The van der Waals surface area contributed by atoms with Crippen LogP contribution in [0.4, 0.5) is 0 Å². The molecule has 2 rings (SSSR count). The van der Waals surface area contributed by atoms with Crippen LogP contribution in [0.2, 0.25) is 0 Å². The third kappa shape index (κ3) is 6.23. The molecule has 0 bridgehead atoms. The first-order valence-electron chi connectivity index (χ1n) is 8.75. The molecule has 27 heavy (non-hydrogen) atoms. The summed E-state index contributed by atoms with van der Waals surface area (Å²) in [5, 5.41) is 0. The van der Waals surface area contributed by atoms with Gasteiger partial charge in [0.15, 0.2) is 0 Å². The Morgan fingerprint density at radius 3 is 2.30 bits per heavy atom. The lowest BCUT2D eigenvalue weighted by atomic mass is 10.1. The Bertz CT molecular complexity index is 819. The van der Waals surface area contributed by atoms with E-state index in [4.69, 9.17) is 14.2 Å². The molecule has 0 aliphatic carbocycles. The van der Waals surface area contributed by atoms with E-state index < -0.39 is 16.1 Å². The molecule has 148 valence electrons. The smallest absolute Gasteiger partial charge is 0.240 e. The average Bonchev–Trinajstić information content (AvgIpc) is 2.67. The van der Waals surface area contributed by atoms with E-state index in [1.165, 1.54) is 12.1 Å². The molecule has 1 atom stereocenters. The summed E-state index contributed by atoms with van der Waals surface area (Å²) < 4.78 is 43.9. The predicted molar refractivity (Wildman–Crippen MR) is 105 cm³/mol. The highest BCUT2D eigenvalue weighted by molar-refractivity contribution is 7.89. The molecular formula is C20H27NO5S. The van der Waals surface area contributed by atoms with Gasteiger partial charge in [0, 0.05) is 13.7 Å². The molecule has 0 unspecified atom stereocenters. The predicted octanol–water partition coefficient (Wildman–Crippen LogP) is 3.40. The van der Waals surface area contributed by atoms with Gasteiger partial charge in [0.2, 0.25) is 10.0 Å². The van der Waals surface area contributed by atoms with E-state index in [1.807, 2.05) is 24.3 Å². The highest BCUT2D eigenvalue weighted by Gasteiger charge is 2.18. The second kappa shape index (κ2) is 9.73. The van der Waals surface area contributed by atoms with E-state index >= 15 is 0 Å². The molecule has 0 radical (unpaired) electrons. The largest absolute Gasteiger partial charge is 0.497 e. The molecule has 0 fully saturated rings. The molecule has 0 aliphatic rings. The van der Waals surface area contributed by atoms with Gasteiger partial charge in [-0.3, -0.25) is 0 Å². The molecule has 0 amide bonds. The molecule has 0 saturated carbocycles. The number of hydrogen-bond donors (Lipinski definition) is 1. The van der Waals surface area contributed by atoms with Gasteiger partial charge in [-0.15, -0.1) is 0 Å². The lowest BCUT2D eigenvalue weighted by Gasteiger charge is -2.17. The monoisotopic (exact) mass is 393 g/mol. The average molecular weight is 394 g/mol. The van der Waals surface area contributed by atoms with Crippen LogP contribution < -0.4 is 14.2 Å². The second-order valence-electron chi connectivity index (χ2n) is 6.53. The van der Waals surface area contributed by atoms with Gasteiger partial charge < -0.3 is 14.2 Å². The van der Waals surface area contributed by atoms with Crippen molar-refractivity contribution in [2.24, 2.45) is 5.92 Å². The number of sulfonamides is 1. The van der Waals surface area contributed by atoms with E-state index in [-0.39, 0.29) is 11.4 Å². The van der Waals surface area contributed by atoms with Gasteiger partial charge in [-0.1, -0.05) is 26.0 Å². The Labute approximate surface area is 161 Å². The van der Waals surface area contributed by atoms with Crippen molar-refractivity contribution in [1.29, 1.82) is 0 Å². The lowest BCUT2D eigenvalue weighted by molar-refractivity contribution is 0.107. The standard InChI is InChI=1S/C20H27NO5S/c1-15(2)14-26-17-8-10-19(11-9-17)27(22,23)21-13-20(25-4)16-6-5-7-18(12-16)24-3/h5-12,15,20-21H,13-14H2,1-4H3/t20-/m1/s1. The number of rotatable bonds is 10. The van der Waals surface area contributed by atoms with Gasteiger partial charge in [0.25, 0.3) is 0 Å². The van der Waals surface area contributed by atoms with Crippen LogP contribution >= 0.6 is 0 Å². The first-order chi connectivity index (χ1) is 12.9. The minimum Gasteiger partial charge on any atom is -0.497 e. The normalized spacial score (nSPS) is 12.8. The summed E-state index contributed by atoms with van der Waals surface area (Å²) in [6, 6.07) is 13.7. The molecule has 6 nitrogen and oxygen atoms in total. The van der Waals surface area contributed by atoms with Crippen LogP contribution in [-0.2, 0) is 14.8 Å². The second-order valence-corrected chi connectivity index (χ2v) is 8.30. The Kier molecular flexibility index (Phi) is 7.65. The van der Waals surface area contributed by atoms with Crippen LogP contribution in [0.5, 0.6) is 11.5 Å². The van der Waals surface area contributed by atoms with Crippen molar-refractivity contribution in [3.8, 4) is 11.5 Å². The van der Waals surface area contributed by atoms with Gasteiger partial charge in [0.05, 0.1) is 24.7 Å². The fourth-order valence-corrected chi connectivity index (χ4v) is 3.46. The van der Waals surface area contributed by atoms with E-state index in [2.05, 4.69) is 18.6 Å². The Morgan fingerprint density at radius 1 is 1.00 bits per heavy atom. The van der Waals surface area contributed by atoms with Crippen molar-refractivity contribution >= 4 is 10.0 Å². The molecule has 0 aromatic heterocycles. The molecule has 0 heterocycles. The maximum Gasteiger partial charge on any atom is 0.240 e. The lowest BCUT2D eigenvalue weighted by Crippen LogP contribution is -2.29. The molecule has 2 aromatic carbocycles. The van der Waals surface area contributed by atoms with Gasteiger partial charge in [-0.2, -0.15) is 0 Å². The third-order valence-corrected chi connectivity index (χ3v) is 5.37. The van der Waals surface area contributed by atoms with Gasteiger partial charge >= 0.3 is 0 Å². The Morgan fingerprint density at radius 2 is 1.70 bits per heavy atom. The fourth-order valence-electron chi connectivity index (χ4n) is 2.43. The number of methoxy groups -OCH3 is 2. The maximum atomic E-state index is 12.6. The first-order valence-corrected chi connectivity index (χ1v) is 10.2. The Balaban J connectivity index is 2.04. The van der Waals surface area contributed by atoms with E-state index in [9.17, 15) is 8.42 Å². The van der Waals surface area contributed by atoms with Crippen LogP contribution in [0.25, 0.3) is 0 Å².